The molecule has 0 aliphatic rings. The van der Waals surface area contributed by atoms with E-state index in [1.165, 1.54) is 0 Å². The van der Waals surface area contributed by atoms with E-state index in [0.29, 0.717) is 13.1 Å². The molecule has 0 aliphatic heterocycles. The van der Waals surface area contributed by atoms with Gasteiger partial charge in [-0.2, -0.15) is 0 Å². The molecule has 0 radical (unpaired) electrons. The summed E-state index contributed by atoms with van der Waals surface area (Å²) < 4.78 is 0. The number of hydrogen-bond acceptors (Lipinski definition) is 3. The van der Waals surface area contributed by atoms with Crippen molar-refractivity contribution in [2.75, 3.05) is 26.2 Å². The number of rotatable bonds is 4. The smallest absolute Gasteiger partial charge is 1.00 e. The van der Waals surface area contributed by atoms with E-state index in [-0.39, 0.29) is 79.0 Å². The molecule has 10 heavy (non-hydrogen) atoms. The fraction of sp³-hybridized carbons (Fsp3) is 1.00. The zero-order valence-electron chi connectivity index (χ0n) is 8.84. The van der Waals surface area contributed by atoms with E-state index in [4.69, 9.17) is 11.5 Å². The quantitative estimate of drug-likeness (QED) is 0.317. The summed E-state index contributed by atoms with van der Waals surface area (Å²) >= 11 is 0. The van der Waals surface area contributed by atoms with Crippen molar-refractivity contribution >= 4 is 0 Å². The summed E-state index contributed by atoms with van der Waals surface area (Å²) in [6.45, 7) is 3.13. The van der Waals surface area contributed by atoms with E-state index in [1.54, 1.807) is 0 Å². The van der Waals surface area contributed by atoms with Crippen LogP contribution in [-0.2, 0) is 17.1 Å². The molecule has 0 spiro atoms. The van der Waals surface area contributed by atoms with Gasteiger partial charge in [0.15, 0.2) is 0 Å². The minimum Gasteiger partial charge on any atom is -1.00 e. The molecule has 56 valence electrons. The van der Waals surface area contributed by atoms with Gasteiger partial charge in [-0.05, 0) is 0 Å². The molecule has 6 heteroatoms. The topological polar surface area (TPSA) is 64.1 Å². The van der Waals surface area contributed by atoms with Crippen LogP contribution in [0.4, 0.5) is 0 Å². The summed E-state index contributed by atoms with van der Waals surface area (Å²) in [6, 6.07) is 0. The summed E-state index contributed by atoms with van der Waals surface area (Å²) in [5, 5.41) is 3.03. The second-order valence-electron chi connectivity index (χ2n) is 1.33. The Balaban J connectivity index is -0.0000000180. The van der Waals surface area contributed by atoms with Gasteiger partial charge in [-0.1, -0.05) is 0 Å². The Morgan fingerprint density at radius 1 is 1.00 bits per heavy atom. The maximum Gasteiger partial charge on any atom is 1.00 e. The van der Waals surface area contributed by atoms with Crippen LogP contribution in [0.2, 0.25) is 0 Å². The molecule has 0 heterocycles. The van der Waals surface area contributed by atoms with Crippen LogP contribution in [0.3, 0.4) is 0 Å². The van der Waals surface area contributed by atoms with Crippen molar-refractivity contribution in [3.05, 3.63) is 0 Å². The van der Waals surface area contributed by atoms with Crippen LogP contribution >= 0.6 is 0 Å². The first-order chi connectivity index (χ1) is 3.41. The monoisotopic (exact) mass is 207 g/mol. The molecule has 0 unspecified atom stereocenters. The Bertz CT molecular complexity index is 45.5. The number of nitrogens with one attached hydrogen (secondary N) is 1. The van der Waals surface area contributed by atoms with E-state index in [1.807, 2.05) is 0 Å². The van der Waals surface area contributed by atoms with Gasteiger partial charge in [0.1, 0.15) is 0 Å². The Morgan fingerprint density at radius 3 is 1.50 bits per heavy atom. The van der Waals surface area contributed by atoms with Crippen molar-refractivity contribution in [3.63, 3.8) is 0 Å². The summed E-state index contributed by atoms with van der Waals surface area (Å²) in [5.74, 6) is 0. The predicted molar refractivity (Wildman–Crippen MR) is 33.2 cm³/mol. The molecular weight excluding hydrogens is 192 g/mol. The van der Waals surface area contributed by atoms with Crippen molar-refractivity contribution in [1.82, 2.24) is 5.32 Å². The number of hydrogen-bond donors (Lipinski definition) is 3. The third-order valence-electron chi connectivity index (χ3n) is 0.642. The SMILES string of the molecule is NCCNCCN.[Fe].[H-].[H-].[Na+].[Na+]. The zero-order chi connectivity index (χ0) is 5.54. The van der Waals surface area contributed by atoms with Crippen molar-refractivity contribution in [2.45, 2.75) is 0 Å². The van der Waals surface area contributed by atoms with Crippen molar-refractivity contribution in [3.8, 4) is 0 Å². The standard InChI is InChI=1S/C4H13N3.Fe.2Na.2H/c5-1-3-7-4-2-6;;;;;/h7H,1-6H2;;;;;/q;;2*+1;2*-1. The van der Waals surface area contributed by atoms with Crippen LogP contribution in [0.15, 0.2) is 0 Å². The van der Waals surface area contributed by atoms with Crippen LogP contribution in [0.25, 0.3) is 0 Å². The van der Waals surface area contributed by atoms with Gasteiger partial charge in [-0.25, -0.2) is 0 Å². The molecule has 0 rings (SSSR count). The molecule has 0 aliphatic carbocycles. The largest absolute Gasteiger partial charge is 1.00 e. The third kappa shape index (κ3) is 22.4. The van der Waals surface area contributed by atoms with Gasteiger partial charge < -0.3 is 19.6 Å². The predicted octanol–water partition coefficient (Wildman–Crippen LogP) is -7.28. The summed E-state index contributed by atoms with van der Waals surface area (Å²) in [4.78, 5) is 0. The minimum absolute atomic E-state index is 0. The molecule has 0 bridgehead atoms. The van der Waals surface area contributed by atoms with Gasteiger partial charge in [0, 0.05) is 43.2 Å². The fourth-order valence-electron chi connectivity index (χ4n) is 0.329. The first-order valence-electron chi connectivity index (χ1n) is 2.52. The van der Waals surface area contributed by atoms with Gasteiger partial charge in [0.05, 0.1) is 0 Å². The van der Waals surface area contributed by atoms with E-state index >= 15 is 0 Å². The van der Waals surface area contributed by atoms with E-state index in [2.05, 4.69) is 5.32 Å². The van der Waals surface area contributed by atoms with Crippen molar-refractivity contribution in [1.29, 1.82) is 0 Å². The van der Waals surface area contributed by atoms with E-state index < -0.39 is 0 Å². The average Bonchev–Trinajstić information content (AvgIpc) is 1.69. The van der Waals surface area contributed by atoms with Gasteiger partial charge in [0.2, 0.25) is 0 Å². The second-order valence-corrected chi connectivity index (χ2v) is 1.33. The average molecular weight is 207 g/mol. The molecule has 0 saturated heterocycles. The van der Waals surface area contributed by atoms with Gasteiger partial charge in [-0.3, -0.25) is 0 Å². The molecule has 5 N–H and O–H groups in total. The fourth-order valence-corrected chi connectivity index (χ4v) is 0.329. The number of nitrogens with two attached hydrogens (primary N) is 2. The zero-order valence-corrected chi connectivity index (χ0v) is 11.9. The first-order valence-corrected chi connectivity index (χ1v) is 2.52. The second kappa shape index (κ2) is 22.5. The van der Waals surface area contributed by atoms with E-state index in [0.717, 1.165) is 13.1 Å². The summed E-state index contributed by atoms with van der Waals surface area (Å²) in [7, 11) is 0. The molecule has 0 aromatic carbocycles. The Kier molecular flexibility index (Phi) is 51.4. The first kappa shape index (κ1) is 22.8. The Morgan fingerprint density at radius 2 is 1.30 bits per heavy atom. The molecule has 0 atom stereocenters. The third-order valence-corrected chi connectivity index (χ3v) is 0.642. The summed E-state index contributed by atoms with van der Waals surface area (Å²) in [6.07, 6.45) is 0. The van der Waals surface area contributed by atoms with E-state index in [9.17, 15) is 0 Å². The molecule has 3 nitrogen and oxygen atoms in total. The maximum absolute atomic E-state index is 5.17. The molecule has 0 amide bonds. The molecular formula is C4H15FeN3Na2. The normalized spacial score (nSPS) is 6.60. The molecule has 0 aromatic heterocycles. The molecule has 0 saturated carbocycles. The molecule has 0 aromatic rings. The van der Waals surface area contributed by atoms with Gasteiger partial charge >= 0.3 is 59.1 Å². The van der Waals surface area contributed by atoms with Gasteiger partial charge in [0.25, 0.3) is 0 Å². The van der Waals surface area contributed by atoms with Crippen molar-refractivity contribution in [2.24, 2.45) is 11.5 Å². The maximum atomic E-state index is 5.17. The van der Waals surface area contributed by atoms with Crippen LogP contribution < -0.4 is 75.9 Å². The van der Waals surface area contributed by atoms with Crippen molar-refractivity contribution < 1.29 is 79.0 Å². The Hall–Kier alpha value is 2.40. The van der Waals surface area contributed by atoms with Crippen LogP contribution in [-0.4, -0.2) is 26.2 Å². The van der Waals surface area contributed by atoms with Crippen LogP contribution in [0.5, 0.6) is 0 Å². The van der Waals surface area contributed by atoms with Crippen LogP contribution in [0, 0.1) is 0 Å². The molecule has 0 fully saturated rings. The van der Waals surface area contributed by atoms with Gasteiger partial charge in [-0.15, -0.1) is 0 Å². The minimum atomic E-state index is 0. The summed E-state index contributed by atoms with van der Waals surface area (Å²) in [5.41, 5.74) is 10.3. The Labute approximate surface area is 120 Å². The van der Waals surface area contributed by atoms with Crippen LogP contribution in [0.1, 0.15) is 2.85 Å².